The van der Waals surface area contributed by atoms with Crippen molar-refractivity contribution in [2.24, 2.45) is 17.3 Å². The van der Waals surface area contributed by atoms with Gasteiger partial charge in [-0.3, -0.25) is 0 Å². The molecule has 0 radical (unpaired) electrons. The van der Waals surface area contributed by atoms with Crippen LogP contribution in [0.25, 0.3) is 0 Å². The largest absolute Gasteiger partial charge is 0.198 e. The van der Waals surface area contributed by atoms with E-state index in [1.165, 1.54) is 120 Å². The van der Waals surface area contributed by atoms with Crippen LogP contribution in [-0.4, -0.2) is 0 Å². The average molecular weight is 464 g/mol. The lowest BCUT2D eigenvalue weighted by Gasteiger charge is -2.35. The second kappa shape index (κ2) is 15.0. The lowest BCUT2D eigenvalue weighted by molar-refractivity contribution is 0.223. The molecule has 2 saturated carbocycles. The Morgan fingerprint density at radius 2 is 1.32 bits per heavy atom. The SMILES string of the molecule is CCCCCCCC1CCC(CCc2ccc(C3CCC(C#N)(CCCCC)CC3)cc2)CC1. The summed E-state index contributed by atoms with van der Waals surface area (Å²) in [5.74, 6) is 2.65. The Morgan fingerprint density at radius 1 is 0.735 bits per heavy atom. The van der Waals surface area contributed by atoms with Crippen LogP contribution in [0.5, 0.6) is 0 Å². The topological polar surface area (TPSA) is 23.8 Å². The van der Waals surface area contributed by atoms with Gasteiger partial charge in [-0.25, -0.2) is 0 Å². The first kappa shape index (κ1) is 27.3. The fraction of sp³-hybridized carbons (Fsp3) is 0.788. The van der Waals surface area contributed by atoms with E-state index in [-0.39, 0.29) is 5.41 Å². The highest BCUT2D eigenvalue weighted by molar-refractivity contribution is 5.26. The van der Waals surface area contributed by atoms with Crippen molar-refractivity contribution < 1.29 is 0 Å². The lowest BCUT2D eigenvalue weighted by Crippen LogP contribution is -2.25. The molecule has 0 spiro atoms. The van der Waals surface area contributed by atoms with E-state index in [0.717, 1.165) is 31.1 Å². The van der Waals surface area contributed by atoms with E-state index in [0.29, 0.717) is 5.92 Å². The van der Waals surface area contributed by atoms with Crippen LogP contribution in [0.3, 0.4) is 0 Å². The molecule has 0 bridgehead atoms. The lowest BCUT2D eigenvalue weighted by atomic mass is 9.67. The summed E-state index contributed by atoms with van der Waals surface area (Å²) >= 11 is 0. The van der Waals surface area contributed by atoms with E-state index in [4.69, 9.17) is 0 Å². The molecular weight excluding hydrogens is 410 g/mol. The molecule has 1 aromatic carbocycles. The third-order valence-electron chi connectivity index (χ3n) is 9.41. The summed E-state index contributed by atoms with van der Waals surface area (Å²) in [5, 5.41) is 9.83. The van der Waals surface area contributed by atoms with Crippen LogP contribution < -0.4 is 0 Å². The summed E-state index contributed by atoms with van der Waals surface area (Å²) in [6.45, 7) is 4.56. The van der Waals surface area contributed by atoms with Gasteiger partial charge in [-0.2, -0.15) is 5.26 Å². The normalized spacial score (nSPS) is 27.4. The molecular formula is C33H53N. The van der Waals surface area contributed by atoms with Crippen molar-refractivity contribution >= 4 is 0 Å². The van der Waals surface area contributed by atoms with Crippen LogP contribution >= 0.6 is 0 Å². The fourth-order valence-corrected chi connectivity index (χ4v) is 6.81. The van der Waals surface area contributed by atoms with Crippen molar-refractivity contribution in [2.45, 2.75) is 148 Å². The minimum Gasteiger partial charge on any atom is -0.198 e. The van der Waals surface area contributed by atoms with Gasteiger partial charge < -0.3 is 0 Å². The van der Waals surface area contributed by atoms with E-state index >= 15 is 0 Å². The van der Waals surface area contributed by atoms with Crippen LogP contribution in [0.2, 0.25) is 0 Å². The van der Waals surface area contributed by atoms with Gasteiger partial charge in [-0.1, -0.05) is 122 Å². The van der Waals surface area contributed by atoms with E-state index < -0.39 is 0 Å². The summed E-state index contributed by atoms with van der Waals surface area (Å²) in [7, 11) is 0. The number of nitriles is 1. The maximum atomic E-state index is 9.83. The predicted molar refractivity (Wildman–Crippen MR) is 147 cm³/mol. The third-order valence-corrected chi connectivity index (χ3v) is 9.41. The number of hydrogen-bond donors (Lipinski definition) is 0. The number of aryl methyl sites for hydroxylation is 1. The minimum atomic E-state index is -0.0281. The second-order valence-electron chi connectivity index (χ2n) is 12.0. The molecule has 34 heavy (non-hydrogen) atoms. The number of unbranched alkanes of at least 4 members (excludes halogenated alkanes) is 6. The molecule has 2 aliphatic rings. The smallest absolute Gasteiger partial charge is 0.0689 e. The van der Waals surface area contributed by atoms with Gasteiger partial charge >= 0.3 is 0 Å². The first-order chi connectivity index (χ1) is 16.7. The molecule has 0 atom stereocenters. The van der Waals surface area contributed by atoms with E-state index in [2.05, 4.69) is 44.2 Å². The van der Waals surface area contributed by atoms with Gasteiger partial charge in [0.1, 0.15) is 0 Å². The van der Waals surface area contributed by atoms with Crippen molar-refractivity contribution in [1.82, 2.24) is 0 Å². The molecule has 2 aliphatic carbocycles. The summed E-state index contributed by atoms with van der Waals surface area (Å²) in [6.07, 6.45) is 26.7. The number of rotatable bonds is 14. The summed E-state index contributed by atoms with van der Waals surface area (Å²) < 4.78 is 0. The molecule has 3 rings (SSSR count). The number of nitrogens with zero attached hydrogens (tertiary/aromatic N) is 1. The maximum Gasteiger partial charge on any atom is 0.0689 e. The first-order valence-corrected chi connectivity index (χ1v) is 15.2. The Labute approximate surface area is 212 Å². The Morgan fingerprint density at radius 3 is 1.94 bits per heavy atom. The molecule has 1 heteroatoms. The highest BCUT2D eigenvalue weighted by Crippen LogP contribution is 2.45. The first-order valence-electron chi connectivity index (χ1n) is 15.2. The maximum absolute atomic E-state index is 9.83. The van der Waals surface area contributed by atoms with E-state index in [1.807, 2.05) is 0 Å². The third kappa shape index (κ3) is 8.73. The molecule has 0 amide bonds. The molecule has 1 nitrogen and oxygen atoms in total. The van der Waals surface area contributed by atoms with Crippen molar-refractivity contribution in [3.63, 3.8) is 0 Å². The zero-order valence-electron chi connectivity index (χ0n) is 22.6. The van der Waals surface area contributed by atoms with Crippen LogP contribution in [0.4, 0.5) is 0 Å². The molecule has 1 aromatic rings. The molecule has 0 aliphatic heterocycles. The fourth-order valence-electron chi connectivity index (χ4n) is 6.81. The molecule has 190 valence electrons. The Kier molecular flexibility index (Phi) is 12.0. The minimum absolute atomic E-state index is 0.0281. The van der Waals surface area contributed by atoms with Gasteiger partial charge in [0.05, 0.1) is 11.5 Å². The molecule has 0 saturated heterocycles. The molecule has 0 aromatic heterocycles. The molecule has 0 unspecified atom stereocenters. The van der Waals surface area contributed by atoms with Gasteiger partial charge in [-0.05, 0) is 73.8 Å². The summed E-state index contributed by atoms with van der Waals surface area (Å²) in [5.41, 5.74) is 3.02. The number of hydrogen-bond acceptors (Lipinski definition) is 1. The molecule has 2 fully saturated rings. The Balaban J connectivity index is 1.34. The standard InChI is InChI=1S/C33H53N/c1-3-5-7-8-9-11-28-12-14-29(15-13-28)16-17-30-18-20-31(21-19-30)32-22-25-33(27-34,26-23-32)24-10-6-4-2/h18-21,28-29,32H,3-17,22-26H2,1-2H3. The van der Waals surface area contributed by atoms with Gasteiger partial charge in [0.2, 0.25) is 0 Å². The molecule has 0 N–H and O–H groups in total. The van der Waals surface area contributed by atoms with Crippen molar-refractivity contribution in [3.8, 4) is 6.07 Å². The zero-order valence-corrected chi connectivity index (χ0v) is 22.6. The number of benzene rings is 1. The van der Waals surface area contributed by atoms with Gasteiger partial charge in [0.25, 0.3) is 0 Å². The molecule has 0 heterocycles. The van der Waals surface area contributed by atoms with Crippen molar-refractivity contribution in [2.75, 3.05) is 0 Å². The second-order valence-corrected chi connectivity index (χ2v) is 12.0. The van der Waals surface area contributed by atoms with E-state index in [9.17, 15) is 5.26 Å². The van der Waals surface area contributed by atoms with Gasteiger partial charge in [-0.15, -0.1) is 0 Å². The van der Waals surface area contributed by atoms with Gasteiger partial charge in [0, 0.05) is 0 Å². The van der Waals surface area contributed by atoms with Crippen molar-refractivity contribution in [3.05, 3.63) is 35.4 Å². The van der Waals surface area contributed by atoms with Crippen LogP contribution in [0.15, 0.2) is 24.3 Å². The summed E-state index contributed by atoms with van der Waals surface area (Å²) in [4.78, 5) is 0. The summed E-state index contributed by atoms with van der Waals surface area (Å²) in [6, 6.07) is 12.4. The predicted octanol–water partition coefficient (Wildman–Crippen LogP) is 10.5. The zero-order chi connectivity index (χ0) is 24.1. The van der Waals surface area contributed by atoms with Crippen molar-refractivity contribution in [1.29, 1.82) is 5.26 Å². The van der Waals surface area contributed by atoms with Crippen LogP contribution in [0.1, 0.15) is 153 Å². The highest BCUT2D eigenvalue weighted by Gasteiger charge is 2.35. The Hall–Kier alpha value is -1.29. The van der Waals surface area contributed by atoms with E-state index in [1.54, 1.807) is 0 Å². The average Bonchev–Trinajstić information content (AvgIpc) is 2.89. The highest BCUT2D eigenvalue weighted by atomic mass is 14.4. The monoisotopic (exact) mass is 463 g/mol. The van der Waals surface area contributed by atoms with Gasteiger partial charge in [0.15, 0.2) is 0 Å². The quantitative estimate of drug-likeness (QED) is 0.252. The van der Waals surface area contributed by atoms with Crippen LogP contribution in [-0.2, 0) is 6.42 Å². The van der Waals surface area contributed by atoms with Crippen LogP contribution in [0, 0.1) is 28.6 Å². The Bertz CT molecular complexity index is 695.